The fraction of sp³-hybridized carbons (Fsp3) is 0.484. The number of ketones is 1. The monoisotopic (exact) mass is 552 g/mol. The number of unbranched alkanes of at least 4 members (excludes halogenated alkanes) is 1. The zero-order valence-corrected chi connectivity index (χ0v) is 23.9. The molecule has 1 atom stereocenters. The number of likely N-dealkylation sites (tertiary alicyclic amines) is 1. The molecule has 0 radical (unpaired) electrons. The minimum atomic E-state index is -0.788. The third-order valence-corrected chi connectivity index (χ3v) is 7.38. The van der Waals surface area contributed by atoms with Gasteiger partial charge in [-0.3, -0.25) is 9.59 Å². The molecular formula is C31H40N2O7. The Morgan fingerprint density at radius 3 is 2.45 bits per heavy atom. The molecule has 0 aliphatic carbocycles. The van der Waals surface area contributed by atoms with Crippen LogP contribution in [0.25, 0.3) is 5.76 Å². The summed E-state index contributed by atoms with van der Waals surface area (Å²) in [6.45, 7) is 10.6. The van der Waals surface area contributed by atoms with Gasteiger partial charge >= 0.3 is 0 Å². The topological polar surface area (TPSA) is 97.8 Å². The summed E-state index contributed by atoms with van der Waals surface area (Å²) >= 11 is 0. The number of hydrogen-bond donors (Lipinski definition) is 1. The summed E-state index contributed by atoms with van der Waals surface area (Å²) in [6.07, 6.45) is 2.60. The molecule has 40 heavy (non-hydrogen) atoms. The Balaban J connectivity index is 1.75. The van der Waals surface area contributed by atoms with Crippen molar-refractivity contribution in [2.24, 2.45) is 0 Å². The second kappa shape index (κ2) is 13.6. The van der Waals surface area contributed by atoms with Crippen molar-refractivity contribution in [2.75, 3.05) is 53.1 Å². The van der Waals surface area contributed by atoms with Crippen LogP contribution in [0.1, 0.15) is 57.2 Å². The molecule has 9 nitrogen and oxygen atoms in total. The Bertz CT molecular complexity index is 1240. The van der Waals surface area contributed by atoms with Crippen molar-refractivity contribution in [3.05, 3.63) is 53.1 Å². The van der Waals surface area contributed by atoms with E-state index in [2.05, 4.69) is 25.7 Å². The maximum absolute atomic E-state index is 13.5. The van der Waals surface area contributed by atoms with Crippen LogP contribution < -0.4 is 18.9 Å². The van der Waals surface area contributed by atoms with Gasteiger partial charge in [0.25, 0.3) is 11.7 Å². The van der Waals surface area contributed by atoms with Gasteiger partial charge in [-0.15, -0.1) is 0 Å². The van der Waals surface area contributed by atoms with Gasteiger partial charge in [0.15, 0.2) is 23.0 Å². The first-order valence-corrected chi connectivity index (χ1v) is 14.1. The van der Waals surface area contributed by atoms with Crippen molar-refractivity contribution in [3.8, 4) is 23.0 Å². The van der Waals surface area contributed by atoms with Crippen molar-refractivity contribution >= 4 is 17.4 Å². The van der Waals surface area contributed by atoms with Gasteiger partial charge in [0.05, 0.1) is 25.3 Å². The van der Waals surface area contributed by atoms with Gasteiger partial charge in [-0.2, -0.15) is 0 Å². The molecule has 2 aliphatic rings. The number of nitrogens with zero attached hydrogens (tertiary/aromatic N) is 2. The van der Waals surface area contributed by atoms with Crippen LogP contribution in [0.3, 0.4) is 0 Å². The highest BCUT2D eigenvalue weighted by Gasteiger charge is 2.46. The van der Waals surface area contributed by atoms with E-state index in [1.54, 1.807) is 42.3 Å². The second-order valence-electron chi connectivity index (χ2n) is 9.84. The first kappa shape index (κ1) is 29.3. The zero-order valence-electron chi connectivity index (χ0n) is 23.9. The highest BCUT2D eigenvalue weighted by atomic mass is 16.6. The van der Waals surface area contributed by atoms with E-state index < -0.39 is 17.7 Å². The molecule has 1 fully saturated rings. The maximum Gasteiger partial charge on any atom is 0.295 e. The Kier molecular flexibility index (Phi) is 9.93. The highest BCUT2D eigenvalue weighted by Crippen LogP contribution is 2.43. The summed E-state index contributed by atoms with van der Waals surface area (Å²) in [7, 11) is 1.56. The fourth-order valence-corrected chi connectivity index (χ4v) is 5.11. The number of rotatable bonds is 13. The SMILES string of the molecule is CCCCOc1ccc([C@@H]2C(=C(O)c3ccc4c(c3)OCCO4)C(=O)C(=O)N2CCCN(CC)CC)cc1OC. The number of carbonyl (C=O) groups excluding carboxylic acids is 2. The largest absolute Gasteiger partial charge is 0.507 e. The Hall–Kier alpha value is -3.72. The minimum Gasteiger partial charge on any atom is -0.507 e. The van der Waals surface area contributed by atoms with Crippen LogP contribution in [0.4, 0.5) is 0 Å². The van der Waals surface area contributed by atoms with Crippen LogP contribution in [-0.2, 0) is 9.59 Å². The summed E-state index contributed by atoms with van der Waals surface area (Å²) in [5.74, 6) is 0.531. The van der Waals surface area contributed by atoms with E-state index in [1.165, 1.54) is 0 Å². The molecular weight excluding hydrogens is 512 g/mol. The van der Waals surface area contributed by atoms with E-state index in [4.69, 9.17) is 18.9 Å². The van der Waals surface area contributed by atoms with Gasteiger partial charge in [0.1, 0.15) is 19.0 Å². The third kappa shape index (κ3) is 6.20. The molecule has 1 saturated heterocycles. The molecule has 0 aromatic heterocycles. The van der Waals surface area contributed by atoms with Crippen molar-refractivity contribution < 1.29 is 33.6 Å². The number of Topliss-reactive ketones (excluding diaryl/α,β-unsaturated/α-hetero) is 1. The van der Waals surface area contributed by atoms with Crippen LogP contribution in [0.2, 0.25) is 0 Å². The number of hydrogen-bond acceptors (Lipinski definition) is 8. The predicted octanol–water partition coefficient (Wildman–Crippen LogP) is 4.80. The van der Waals surface area contributed by atoms with Crippen molar-refractivity contribution in [2.45, 2.75) is 46.1 Å². The van der Waals surface area contributed by atoms with Crippen molar-refractivity contribution in [3.63, 3.8) is 0 Å². The Morgan fingerprint density at radius 2 is 1.75 bits per heavy atom. The van der Waals surface area contributed by atoms with E-state index in [1.807, 2.05) is 6.07 Å². The van der Waals surface area contributed by atoms with Crippen LogP contribution in [0.15, 0.2) is 42.0 Å². The molecule has 2 aromatic rings. The van der Waals surface area contributed by atoms with Crippen LogP contribution in [0, 0.1) is 0 Å². The number of aliphatic hydroxyl groups is 1. The van der Waals surface area contributed by atoms with Gasteiger partial charge in [0, 0.05) is 12.1 Å². The molecule has 0 spiro atoms. The molecule has 9 heteroatoms. The van der Waals surface area contributed by atoms with Crippen LogP contribution >= 0.6 is 0 Å². The van der Waals surface area contributed by atoms with Gasteiger partial charge in [0.2, 0.25) is 0 Å². The number of amides is 1. The van der Waals surface area contributed by atoms with Gasteiger partial charge < -0.3 is 33.9 Å². The molecule has 0 bridgehead atoms. The summed E-state index contributed by atoms with van der Waals surface area (Å²) in [6, 6.07) is 9.62. The summed E-state index contributed by atoms with van der Waals surface area (Å²) in [4.78, 5) is 30.7. The van der Waals surface area contributed by atoms with Gasteiger partial charge in [-0.1, -0.05) is 33.3 Å². The Labute approximate surface area is 236 Å². The number of ether oxygens (including phenoxy) is 4. The summed E-state index contributed by atoms with van der Waals surface area (Å²) in [5.41, 5.74) is 1.06. The lowest BCUT2D eigenvalue weighted by Gasteiger charge is -2.27. The van der Waals surface area contributed by atoms with Crippen molar-refractivity contribution in [1.82, 2.24) is 9.80 Å². The van der Waals surface area contributed by atoms with E-state index in [-0.39, 0.29) is 11.3 Å². The Morgan fingerprint density at radius 1 is 1.00 bits per heavy atom. The smallest absolute Gasteiger partial charge is 0.295 e. The zero-order chi connectivity index (χ0) is 28.6. The summed E-state index contributed by atoms with van der Waals surface area (Å²) in [5, 5.41) is 11.5. The van der Waals surface area contributed by atoms with Gasteiger partial charge in [-0.25, -0.2) is 0 Å². The average Bonchev–Trinajstić information content (AvgIpc) is 3.24. The molecule has 0 unspecified atom stereocenters. The molecule has 216 valence electrons. The third-order valence-electron chi connectivity index (χ3n) is 7.38. The standard InChI is InChI=1S/C31H40N2O7/c1-5-8-16-38-23-12-10-21(19-25(23)37-4)28-27(29(34)22-11-13-24-26(20-22)40-18-17-39-24)30(35)31(36)33(28)15-9-14-32(6-2)7-3/h10-13,19-20,28,34H,5-9,14-18H2,1-4H3/t28-/m1/s1. The van der Waals surface area contributed by atoms with Crippen LogP contribution in [-0.4, -0.2) is 79.7 Å². The van der Waals surface area contributed by atoms with Gasteiger partial charge in [-0.05, 0) is 68.4 Å². The molecule has 1 amide bonds. The molecule has 0 saturated carbocycles. The van der Waals surface area contributed by atoms with E-state index >= 15 is 0 Å². The first-order chi connectivity index (χ1) is 19.4. The highest BCUT2D eigenvalue weighted by molar-refractivity contribution is 6.46. The molecule has 2 heterocycles. The number of benzene rings is 2. The summed E-state index contributed by atoms with van der Waals surface area (Å²) < 4.78 is 22.8. The number of methoxy groups -OCH3 is 1. The number of carbonyl (C=O) groups is 2. The maximum atomic E-state index is 13.5. The molecule has 1 N–H and O–H groups in total. The molecule has 2 aromatic carbocycles. The molecule has 2 aliphatic heterocycles. The quantitative estimate of drug-likeness (QED) is 0.164. The van der Waals surface area contributed by atoms with Crippen molar-refractivity contribution in [1.29, 1.82) is 0 Å². The van der Waals surface area contributed by atoms with E-state index in [9.17, 15) is 14.7 Å². The van der Waals surface area contributed by atoms with E-state index in [0.29, 0.717) is 66.9 Å². The number of aliphatic hydroxyl groups excluding tert-OH is 1. The lowest BCUT2D eigenvalue weighted by molar-refractivity contribution is -0.140. The minimum absolute atomic E-state index is 0.0335. The first-order valence-electron chi connectivity index (χ1n) is 14.1. The normalized spacial score (nSPS) is 17.9. The molecule has 4 rings (SSSR count). The van der Waals surface area contributed by atoms with Crippen LogP contribution in [0.5, 0.6) is 23.0 Å². The second-order valence-corrected chi connectivity index (χ2v) is 9.84. The number of fused-ring (bicyclic) bond motifs is 1. The fourth-order valence-electron chi connectivity index (χ4n) is 5.11. The lowest BCUT2D eigenvalue weighted by Crippen LogP contribution is -2.33. The predicted molar refractivity (Wildman–Crippen MR) is 152 cm³/mol. The van der Waals surface area contributed by atoms with E-state index in [0.717, 1.165) is 32.5 Å². The average molecular weight is 553 g/mol. The lowest BCUT2D eigenvalue weighted by atomic mass is 9.94.